The summed E-state index contributed by atoms with van der Waals surface area (Å²) in [5.41, 5.74) is 1.08. The van der Waals surface area contributed by atoms with Crippen LogP contribution in [-0.4, -0.2) is 26.1 Å². The second kappa shape index (κ2) is 6.26. The summed E-state index contributed by atoms with van der Waals surface area (Å²) in [5, 5.41) is 4.26. The van der Waals surface area contributed by atoms with Crippen molar-refractivity contribution in [3.8, 4) is 0 Å². The Bertz CT molecular complexity index is 917. The molecule has 0 radical (unpaired) electrons. The van der Waals surface area contributed by atoms with E-state index in [-0.39, 0.29) is 6.04 Å². The van der Waals surface area contributed by atoms with E-state index in [2.05, 4.69) is 20.0 Å². The zero-order chi connectivity index (χ0) is 18.3. The number of benzene rings is 1. The summed E-state index contributed by atoms with van der Waals surface area (Å²) >= 11 is 0. The smallest absolute Gasteiger partial charge is 0.349 e. The van der Waals surface area contributed by atoms with Crippen LogP contribution in [0.3, 0.4) is 0 Å². The molecule has 0 amide bonds. The zero-order valence-corrected chi connectivity index (χ0v) is 14.2. The first-order chi connectivity index (χ1) is 12.4. The molecule has 136 valence electrons. The van der Waals surface area contributed by atoms with E-state index in [0.29, 0.717) is 5.78 Å². The number of piperidine rings is 1. The van der Waals surface area contributed by atoms with Crippen LogP contribution in [0, 0.1) is 6.92 Å². The van der Waals surface area contributed by atoms with Crippen molar-refractivity contribution in [2.75, 3.05) is 11.4 Å². The maximum absolute atomic E-state index is 12.9. The predicted octanol–water partition coefficient (Wildman–Crippen LogP) is 4.18. The average Bonchev–Trinajstić information content (AvgIpc) is 3.09. The molecule has 4 rings (SSSR count). The number of hydrogen-bond donors (Lipinski definition) is 0. The normalized spacial score (nSPS) is 18.5. The van der Waals surface area contributed by atoms with E-state index < -0.39 is 11.7 Å². The number of aromatic nitrogens is 4. The Hall–Kier alpha value is -2.64. The van der Waals surface area contributed by atoms with Gasteiger partial charge in [0.1, 0.15) is 12.1 Å². The van der Waals surface area contributed by atoms with Crippen molar-refractivity contribution in [1.82, 2.24) is 19.6 Å². The van der Waals surface area contributed by atoms with Crippen molar-refractivity contribution in [3.63, 3.8) is 0 Å². The lowest BCUT2D eigenvalue weighted by molar-refractivity contribution is -0.137. The van der Waals surface area contributed by atoms with Crippen LogP contribution in [0.25, 0.3) is 5.78 Å². The molecule has 1 atom stereocenters. The SMILES string of the molecule is Cc1cc(N2CCCC[C@H]2c2ccc(C(F)(F)F)cc2)n2ncnc2n1. The summed E-state index contributed by atoms with van der Waals surface area (Å²) in [6.45, 7) is 2.71. The van der Waals surface area contributed by atoms with Gasteiger partial charge in [-0.15, -0.1) is 0 Å². The molecule has 1 aromatic carbocycles. The fourth-order valence-electron chi connectivity index (χ4n) is 3.56. The standard InChI is InChI=1S/C18H18F3N5/c1-12-10-16(26-17(24-12)22-11-23-26)25-9-3-2-4-15(25)13-5-7-14(8-6-13)18(19,20)21/h5-8,10-11,15H,2-4,9H2,1H3/t15-/m0/s1. The van der Waals surface area contributed by atoms with Gasteiger partial charge in [0.25, 0.3) is 5.78 Å². The highest BCUT2D eigenvalue weighted by atomic mass is 19.4. The number of fused-ring (bicyclic) bond motifs is 1. The van der Waals surface area contributed by atoms with E-state index in [4.69, 9.17) is 0 Å². The third-order valence-corrected chi connectivity index (χ3v) is 4.78. The van der Waals surface area contributed by atoms with Crippen LogP contribution >= 0.6 is 0 Å². The molecule has 0 N–H and O–H groups in total. The van der Waals surface area contributed by atoms with Crippen molar-refractivity contribution in [1.29, 1.82) is 0 Å². The lowest BCUT2D eigenvalue weighted by atomic mass is 9.94. The van der Waals surface area contributed by atoms with E-state index in [9.17, 15) is 13.2 Å². The van der Waals surface area contributed by atoms with Gasteiger partial charge >= 0.3 is 6.18 Å². The van der Waals surface area contributed by atoms with Gasteiger partial charge in [0.05, 0.1) is 11.6 Å². The predicted molar refractivity (Wildman–Crippen MR) is 90.9 cm³/mol. The van der Waals surface area contributed by atoms with Crippen LogP contribution in [0.1, 0.15) is 42.1 Å². The quantitative estimate of drug-likeness (QED) is 0.687. The van der Waals surface area contributed by atoms with Crippen molar-refractivity contribution in [3.05, 3.63) is 53.5 Å². The van der Waals surface area contributed by atoms with Crippen LogP contribution in [0.5, 0.6) is 0 Å². The molecule has 26 heavy (non-hydrogen) atoms. The van der Waals surface area contributed by atoms with Crippen molar-refractivity contribution in [2.24, 2.45) is 0 Å². The number of hydrogen-bond acceptors (Lipinski definition) is 4. The summed E-state index contributed by atoms with van der Waals surface area (Å²) in [7, 11) is 0. The van der Waals surface area contributed by atoms with E-state index in [1.54, 1.807) is 16.6 Å². The van der Waals surface area contributed by atoms with Gasteiger partial charge in [-0.3, -0.25) is 0 Å². The summed E-state index contributed by atoms with van der Waals surface area (Å²) in [5.74, 6) is 1.39. The molecule has 5 nitrogen and oxygen atoms in total. The Morgan fingerprint density at radius 2 is 1.88 bits per heavy atom. The molecule has 1 aliphatic heterocycles. The minimum Gasteiger partial charge on any atom is -0.349 e. The molecule has 0 bridgehead atoms. The minimum absolute atomic E-state index is 0.000216. The first-order valence-electron chi connectivity index (χ1n) is 8.55. The highest BCUT2D eigenvalue weighted by molar-refractivity contribution is 5.50. The Morgan fingerprint density at radius 3 is 2.62 bits per heavy atom. The Morgan fingerprint density at radius 1 is 1.12 bits per heavy atom. The van der Waals surface area contributed by atoms with Crippen molar-refractivity contribution in [2.45, 2.75) is 38.4 Å². The topological polar surface area (TPSA) is 46.3 Å². The van der Waals surface area contributed by atoms with E-state index in [0.717, 1.165) is 55.0 Å². The van der Waals surface area contributed by atoms with Crippen LogP contribution in [0.4, 0.5) is 19.0 Å². The third kappa shape index (κ3) is 3.00. The van der Waals surface area contributed by atoms with Gasteiger partial charge < -0.3 is 4.90 Å². The number of nitrogens with zero attached hydrogens (tertiary/aromatic N) is 5. The summed E-state index contributed by atoms with van der Waals surface area (Å²) in [4.78, 5) is 10.7. The monoisotopic (exact) mass is 361 g/mol. The number of anilines is 1. The molecule has 8 heteroatoms. The van der Waals surface area contributed by atoms with Crippen LogP contribution < -0.4 is 4.90 Å². The molecule has 3 heterocycles. The lowest BCUT2D eigenvalue weighted by Gasteiger charge is -2.37. The zero-order valence-electron chi connectivity index (χ0n) is 14.2. The number of alkyl halides is 3. The molecular weight excluding hydrogens is 343 g/mol. The van der Waals surface area contributed by atoms with Gasteiger partial charge in [-0.2, -0.15) is 27.8 Å². The first kappa shape index (κ1) is 16.8. The van der Waals surface area contributed by atoms with E-state index >= 15 is 0 Å². The third-order valence-electron chi connectivity index (χ3n) is 4.78. The van der Waals surface area contributed by atoms with Gasteiger partial charge in [-0.1, -0.05) is 12.1 Å². The second-order valence-electron chi connectivity index (χ2n) is 6.55. The average molecular weight is 361 g/mol. The molecule has 1 saturated heterocycles. The Kier molecular flexibility index (Phi) is 4.05. The van der Waals surface area contributed by atoms with Crippen LogP contribution in [0.15, 0.2) is 36.7 Å². The van der Waals surface area contributed by atoms with Gasteiger partial charge in [0, 0.05) is 18.3 Å². The highest BCUT2D eigenvalue weighted by Crippen LogP contribution is 2.36. The van der Waals surface area contributed by atoms with Crippen molar-refractivity contribution < 1.29 is 13.2 Å². The second-order valence-corrected chi connectivity index (χ2v) is 6.55. The molecule has 0 spiro atoms. The maximum atomic E-state index is 12.9. The summed E-state index contributed by atoms with van der Waals surface area (Å²) < 4.78 is 40.2. The van der Waals surface area contributed by atoms with Crippen molar-refractivity contribution >= 4 is 11.6 Å². The van der Waals surface area contributed by atoms with Gasteiger partial charge in [-0.05, 0) is 43.9 Å². The van der Waals surface area contributed by atoms with Crippen LogP contribution in [-0.2, 0) is 6.18 Å². The molecule has 2 aromatic heterocycles. The van der Waals surface area contributed by atoms with E-state index in [1.807, 2.05) is 13.0 Å². The minimum atomic E-state index is -4.32. The fraction of sp³-hybridized carbons (Fsp3) is 0.389. The molecule has 3 aromatic rings. The number of rotatable bonds is 2. The lowest BCUT2D eigenvalue weighted by Crippen LogP contribution is -2.35. The first-order valence-corrected chi connectivity index (χ1v) is 8.55. The molecular formula is C18H18F3N5. The van der Waals surface area contributed by atoms with Gasteiger partial charge in [0.2, 0.25) is 0 Å². The molecule has 0 saturated carbocycles. The number of halogens is 3. The van der Waals surface area contributed by atoms with E-state index in [1.165, 1.54) is 6.33 Å². The molecule has 1 aliphatic rings. The maximum Gasteiger partial charge on any atom is 0.416 e. The molecule has 0 unspecified atom stereocenters. The largest absolute Gasteiger partial charge is 0.416 e. The summed E-state index contributed by atoms with van der Waals surface area (Å²) in [6, 6.07) is 7.43. The molecule has 0 aliphatic carbocycles. The van der Waals surface area contributed by atoms with Gasteiger partial charge in [0.15, 0.2) is 0 Å². The molecule has 1 fully saturated rings. The summed E-state index contributed by atoms with van der Waals surface area (Å²) in [6.07, 6.45) is 0.0760. The Balaban J connectivity index is 1.74. The fourth-order valence-corrected chi connectivity index (χ4v) is 3.56. The highest BCUT2D eigenvalue weighted by Gasteiger charge is 2.31. The van der Waals surface area contributed by atoms with Gasteiger partial charge in [-0.25, -0.2) is 4.98 Å². The Labute approximate surface area is 148 Å². The van der Waals surface area contributed by atoms with Crippen LogP contribution in [0.2, 0.25) is 0 Å². The number of aryl methyl sites for hydroxylation is 1.